The summed E-state index contributed by atoms with van der Waals surface area (Å²) in [5.41, 5.74) is 3.72. The Morgan fingerprint density at radius 3 is 2.56 bits per heavy atom. The Kier molecular flexibility index (Phi) is 6.17. The number of halogens is 2. The number of hydrogen-bond donors (Lipinski definition) is 1. The normalized spacial score (nSPS) is 10.7. The highest BCUT2D eigenvalue weighted by Gasteiger charge is 2.23. The van der Waals surface area contributed by atoms with Crippen molar-refractivity contribution >= 4 is 29.2 Å². The summed E-state index contributed by atoms with van der Waals surface area (Å²) < 4.78 is 19.8. The highest BCUT2D eigenvalue weighted by atomic mass is 35.5. The number of nitrogens with two attached hydrogens (primary N) is 1. The van der Waals surface area contributed by atoms with Gasteiger partial charge in [-0.15, -0.1) is 0 Å². The van der Waals surface area contributed by atoms with Gasteiger partial charge in [0.15, 0.2) is 6.61 Å². The van der Waals surface area contributed by atoms with Crippen LogP contribution in [0.15, 0.2) is 27.8 Å². The molecule has 0 aliphatic heterocycles. The van der Waals surface area contributed by atoms with Gasteiger partial charge in [0, 0.05) is 13.6 Å². The van der Waals surface area contributed by atoms with Gasteiger partial charge in [-0.1, -0.05) is 18.5 Å². The summed E-state index contributed by atoms with van der Waals surface area (Å²) in [5.74, 6) is -2.76. The number of aromatic nitrogens is 2. The fraction of sp³-hybridized carbons (Fsp3) is 0.294. The van der Waals surface area contributed by atoms with Crippen LogP contribution in [0, 0.1) is 5.82 Å². The van der Waals surface area contributed by atoms with Crippen LogP contribution in [-0.2, 0) is 18.3 Å². The zero-order chi connectivity index (χ0) is 20.3. The van der Waals surface area contributed by atoms with E-state index in [9.17, 15) is 23.6 Å². The minimum absolute atomic E-state index is 0.136. The first-order chi connectivity index (χ1) is 12.7. The van der Waals surface area contributed by atoms with Gasteiger partial charge in [-0.2, -0.15) is 0 Å². The number of carbonyl (C=O) groups excluding carboxylic acids is 2. The quantitative estimate of drug-likeness (QED) is 0.581. The first-order valence-corrected chi connectivity index (χ1v) is 8.31. The van der Waals surface area contributed by atoms with Crippen molar-refractivity contribution in [3.63, 3.8) is 0 Å². The molecule has 144 valence electrons. The number of hydrogen-bond acceptors (Lipinski definition) is 6. The standard InChI is InChI=1S/C17H17ClFN3O5/c1-3-6-22-14(20)13(15(24)21(2)17(22)26)12(23)8-27-16(25)10-5-4-9(19)7-11(10)18/h4-5,7H,3,6,8,20H2,1-2H3. The molecule has 2 rings (SSSR count). The van der Waals surface area contributed by atoms with Gasteiger partial charge in [-0.05, 0) is 24.6 Å². The molecule has 0 radical (unpaired) electrons. The molecule has 0 atom stereocenters. The average molecular weight is 398 g/mol. The average Bonchev–Trinajstić information content (AvgIpc) is 2.61. The van der Waals surface area contributed by atoms with Gasteiger partial charge in [0.1, 0.15) is 17.2 Å². The lowest BCUT2D eigenvalue weighted by atomic mass is 10.2. The summed E-state index contributed by atoms with van der Waals surface area (Å²) in [4.78, 5) is 48.8. The molecule has 0 fully saturated rings. The summed E-state index contributed by atoms with van der Waals surface area (Å²) in [6, 6.07) is 3.05. The molecule has 1 heterocycles. The maximum absolute atomic E-state index is 13.0. The number of carbonyl (C=O) groups is 2. The predicted octanol–water partition coefficient (Wildman–Crippen LogP) is 1.37. The van der Waals surface area contributed by atoms with Gasteiger partial charge >= 0.3 is 11.7 Å². The molecular formula is C17H17ClFN3O5. The molecule has 0 aliphatic carbocycles. The molecule has 0 bridgehead atoms. The van der Waals surface area contributed by atoms with E-state index in [1.165, 1.54) is 7.05 Å². The van der Waals surface area contributed by atoms with Crippen LogP contribution in [0.3, 0.4) is 0 Å². The van der Waals surface area contributed by atoms with Crippen LogP contribution in [0.2, 0.25) is 5.02 Å². The molecule has 8 nitrogen and oxygen atoms in total. The summed E-state index contributed by atoms with van der Waals surface area (Å²) in [6.45, 7) is 1.22. The lowest BCUT2D eigenvalue weighted by Gasteiger charge is -2.14. The van der Waals surface area contributed by atoms with Crippen LogP contribution in [0.5, 0.6) is 0 Å². The second-order valence-electron chi connectivity index (χ2n) is 5.68. The Morgan fingerprint density at radius 2 is 1.96 bits per heavy atom. The van der Waals surface area contributed by atoms with Gasteiger partial charge in [0.05, 0.1) is 10.6 Å². The Hall–Kier alpha value is -2.94. The smallest absolute Gasteiger partial charge is 0.340 e. The van der Waals surface area contributed by atoms with Gasteiger partial charge in [-0.3, -0.25) is 18.7 Å². The van der Waals surface area contributed by atoms with Gasteiger partial charge in [-0.25, -0.2) is 14.0 Å². The van der Waals surface area contributed by atoms with E-state index in [4.69, 9.17) is 22.1 Å². The molecule has 0 spiro atoms. The molecular weight excluding hydrogens is 381 g/mol. The lowest BCUT2D eigenvalue weighted by molar-refractivity contribution is 0.0474. The highest BCUT2D eigenvalue weighted by Crippen LogP contribution is 2.18. The largest absolute Gasteiger partial charge is 0.454 e. The van der Waals surface area contributed by atoms with Crippen molar-refractivity contribution in [2.75, 3.05) is 12.3 Å². The number of benzene rings is 1. The van der Waals surface area contributed by atoms with E-state index < -0.39 is 41.0 Å². The summed E-state index contributed by atoms with van der Waals surface area (Å²) >= 11 is 5.76. The number of ether oxygens (including phenoxy) is 1. The Morgan fingerprint density at radius 1 is 1.30 bits per heavy atom. The monoisotopic (exact) mass is 397 g/mol. The number of esters is 1. The third-order valence-electron chi connectivity index (χ3n) is 3.79. The number of nitrogens with zero attached hydrogens (tertiary/aromatic N) is 2. The summed E-state index contributed by atoms with van der Waals surface area (Å²) in [7, 11) is 1.22. The fourth-order valence-electron chi connectivity index (χ4n) is 2.42. The van der Waals surface area contributed by atoms with Crippen molar-refractivity contribution in [1.29, 1.82) is 0 Å². The van der Waals surface area contributed by atoms with E-state index in [0.29, 0.717) is 6.42 Å². The second kappa shape index (κ2) is 8.17. The molecule has 0 aliphatic rings. The third kappa shape index (κ3) is 4.08. The zero-order valence-electron chi connectivity index (χ0n) is 14.6. The van der Waals surface area contributed by atoms with E-state index >= 15 is 0 Å². The maximum atomic E-state index is 13.0. The predicted molar refractivity (Wildman–Crippen MR) is 96.7 cm³/mol. The number of anilines is 1. The molecule has 1 aromatic carbocycles. The number of ketones is 1. The molecule has 0 unspecified atom stereocenters. The van der Waals surface area contributed by atoms with E-state index in [-0.39, 0.29) is 22.9 Å². The van der Waals surface area contributed by atoms with E-state index in [1.54, 1.807) is 6.92 Å². The van der Waals surface area contributed by atoms with Crippen LogP contribution in [0.4, 0.5) is 10.2 Å². The van der Waals surface area contributed by atoms with Crippen molar-refractivity contribution in [3.05, 3.63) is 61.0 Å². The third-order valence-corrected chi connectivity index (χ3v) is 4.11. The van der Waals surface area contributed by atoms with Crippen LogP contribution >= 0.6 is 11.6 Å². The minimum atomic E-state index is -0.967. The Bertz CT molecular complexity index is 1030. The number of Topliss-reactive ketones (excluding diaryl/α,β-unsaturated/α-hetero) is 1. The topological polar surface area (TPSA) is 113 Å². The molecule has 0 amide bonds. The minimum Gasteiger partial charge on any atom is -0.454 e. The Labute approximate surface area is 157 Å². The molecule has 2 aromatic rings. The molecule has 27 heavy (non-hydrogen) atoms. The molecule has 0 saturated heterocycles. The molecule has 0 saturated carbocycles. The number of nitrogen functional groups attached to an aromatic ring is 1. The fourth-order valence-corrected chi connectivity index (χ4v) is 2.67. The van der Waals surface area contributed by atoms with Gasteiger partial charge in [0.2, 0.25) is 5.78 Å². The van der Waals surface area contributed by atoms with Crippen LogP contribution in [0.25, 0.3) is 0 Å². The maximum Gasteiger partial charge on any atom is 0.340 e. The van der Waals surface area contributed by atoms with Crippen molar-refractivity contribution in [2.24, 2.45) is 7.05 Å². The summed E-state index contributed by atoms with van der Waals surface area (Å²) in [5, 5.41) is -0.181. The Balaban J connectivity index is 2.29. The van der Waals surface area contributed by atoms with Crippen molar-refractivity contribution in [2.45, 2.75) is 19.9 Å². The van der Waals surface area contributed by atoms with Crippen molar-refractivity contribution < 1.29 is 18.7 Å². The summed E-state index contributed by atoms with van der Waals surface area (Å²) in [6.07, 6.45) is 0.550. The lowest BCUT2D eigenvalue weighted by Crippen LogP contribution is -2.43. The van der Waals surface area contributed by atoms with Crippen molar-refractivity contribution in [1.82, 2.24) is 9.13 Å². The van der Waals surface area contributed by atoms with E-state index in [2.05, 4.69) is 0 Å². The van der Waals surface area contributed by atoms with Crippen LogP contribution < -0.4 is 17.0 Å². The number of rotatable bonds is 6. The molecule has 2 N–H and O–H groups in total. The highest BCUT2D eigenvalue weighted by molar-refractivity contribution is 6.33. The molecule has 10 heteroatoms. The molecule has 1 aromatic heterocycles. The van der Waals surface area contributed by atoms with E-state index in [0.717, 1.165) is 27.3 Å². The SMILES string of the molecule is CCCn1c(N)c(C(=O)COC(=O)c2ccc(F)cc2Cl)c(=O)n(C)c1=O. The van der Waals surface area contributed by atoms with Crippen LogP contribution in [-0.4, -0.2) is 27.5 Å². The zero-order valence-corrected chi connectivity index (χ0v) is 15.4. The van der Waals surface area contributed by atoms with Crippen molar-refractivity contribution in [3.8, 4) is 0 Å². The first kappa shape index (κ1) is 20.4. The first-order valence-electron chi connectivity index (χ1n) is 7.93. The second-order valence-corrected chi connectivity index (χ2v) is 6.09. The van der Waals surface area contributed by atoms with E-state index in [1.807, 2.05) is 0 Å². The van der Waals surface area contributed by atoms with Crippen LogP contribution in [0.1, 0.15) is 34.1 Å². The van der Waals surface area contributed by atoms with Gasteiger partial charge in [0.25, 0.3) is 5.56 Å². The van der Waals surface area contributed by atoms with Gasteiger partial charge < -0.3 is 10.5 Å².